The minimum atomic E-state index is 0.480. The standard InChI is InChI=1S/C17H16N2O2S/c1-20-12-5-2-4-11(8-12)9-21-16-15-13-6-3-7-14(13)22-17(15)19-10-18-16/h2,4-5,8,10H,3,6-7,9H2,1H3. The Balaban J connectivity index is 1.64. The van der Waals surface area contributed by atoms with E-state index < -0.39 is 0 Å². The second-order valence-electron chi connectivity index (χ2n) is 5.36. The van der Waals surface area contributed by atoms with Crippen molar-refractivity contribution in [3.63, 3.8) is 0 Å². The van der Waals surface area contributed by atoms with E-state index in [1.807, 2.05) is 24.3 Å². The third-order valence-electron chi connectivity index (χ3n) is 3.98. The van der Waals surface area contributed by atoms with Crippen LogP contribution in [0.3, 0.4) is 0 Å². The number of hydrogen-bond acceptors (Lipinski definition) is 5. The first-order chi connectivity index (χ1) is 10.8. The average Bonchev–Trinajstić information content (AvgIpc) is 3.13. The van der Waals surface area contributed by atoms with Gasteiger partial charge in [0.2, 0.25) is 5.88 Å². The third kappa shape index (κ3) is 2.31. The SMILES string of the molecule is COc1cccc(COc2ncnc3sc4c(c23)CCC4)c1. The van der Waals surface area contributed by atoms with Gasteiger partial charge in [0.15, 0.2) is 0 Å². The quantitative estimate of drug-likeness (QED) is 0.735. The smallest absolute Gasteiger partial charge is 0.225 e. The molecule has 4 nitrogen and oxygen atoms in total. The van der Waals surface area contributed by atoms with Crippen molar-refractivity contribution in [2.75, 3.05) is 7.11 Å². The molecule has 0 saturated heterocycles. The van der Waals surface area contributed by atoms with Crippen LogP contribution in [0.4, 0.5) is 0 Å². The van der Waals surface area contributed by atoms with Crippen LogP contribution in [0.25, 0.3) is 10.2 Å². The first-order valence-electron chi connectivity index (χ1n) is 7.36. The summed E-state index contributed by atoms with van der Waals surface area (Å²) < 4.78 is 11.2. The maximum Gasteiger partial charge on any atom is 0.225 e. The highest BCUT2D eigenvalue weighted by Crippen LogP contribution is 2.39. The van der Waals surface area contributed by atoms with Crippen molar-refractivity contribution in [1.29, 1.82) is 0 Å². The van der Waals surface area contributed by atoms with Gasteiger partial charge in [-0.05, 0) is 42.5 Å². The Kier molecular flexibility index (Phi) is 3.42. The molecular formula is C17H16N2O2S. The summed E-state index contributed by atoms with van der Waals surface area (Å²) in [6, 6.07) is 7.91. The molecule has 1 aromatic carbocycles. The van der Waals surface area contributed by atoms with Gasteiger partial charge in [-0.2, -0.15) is 0 Å². The zero-order valence-corrected chi connectivity index (χ0v) is 13.2. The Bertz CT molecular complexity index is 829. The van der Waals surface area contributed by atoms with Crippen LogP contribution in [0.2, 0.25) is 0 Å². The van der Waals surface area contributed by atoms with Crippen molar-refractivity contribution in [3.8, 4) is 11.6 Å². The molecular weight excluding hydrogens is 296 g/mol. The fourth-order valence-corrected chi connectivity index (χ4v) is 4.14. The maximum absolute atomic E-state index is 5.99. The lowest BCUT2D eigenvalue weighted by molar-refractivity contribution is 0.296. The van der Waals surface area contributed by atoms with Gasteiger partial charge in [0.05, 0.1) is 12.5 Å². The molecule has 4 rings (SSSR count). The Morgan fingerprint density at radius 1 is 1.23 bits per heavy atom. The molecule has 5 heteroatoms. The van der Waals surface area contributed by atoms with Gasteiger partial charge in [-0.1, -0.05) is 12.1 Å². The van der Waals surface area contributed by atoms with Crippen LogP contribution in [-0.4, -0.2) is 17.1 Å². The van der Waals surface area contributed by atoms with Gasteiger partial charge in [-0.25, -0.2) is 9.97 Å². The van der Waals surface area contributed by atoms with Crippen LogP contribution in [0, 0.1) is 0 Å². The first kappa shape index (κ1) is 13.5. The second kappa shape index (κ2) is 5.57. The molecule has 0 radical (unpaired) electrons. The van der Waals surface area contributed by atoms with E-state index >= 15 is 0 Å². The number of benzene rings is 1. The van der Waals surface area contributed by atoms with Gasteiger partial charge in [-0.15, -0.1) is 11.3 Å². The van der Waals surface area contributed by atoms with Crippen LogP contribution in [0.1, 0.15) is 22.4 Å². The summed E-state index contributed by atoms with van der Waals surface area (Å²) in [4.78, 5) is 11.2. The van der Waals surface area contributed by atoms with Crippen molar-refractivity contribution in [2.24, 2.45) is 0 Å². The fourth-order valence-electron chi connectivity index (χ4n) is 2.92. The second-order valence-corrected chi connectivity index (χ2v) is 6.44. The van der Waals surface area contributed by atoms with Crippen LogP contribution in [0.15, 0.2) is 30.6 Å². The molecule has 112 valence electrons. The minimum absolute atomic E-state index is 0.480. The Hall–Kier alpha value is -2.14. The monoisotopic (exact) mass is 312 g/mol. The van der Waals surface area contributed by atoms with Crippen LogP contribution >= 0.6 is 11.3 Å². The van der Waals surface area contributed by atoms with Crippen molar-refractivity contribution in [3.05, 3.63) is 46.6 Å². The number of nitrogens with zero attached hydrogens (tertiary/aromatic N) is 2. The summed E-state index contributed by atoms with van der Waals surface area (Å²) in [6.45, 7) is 0.480. The lowest BCUT2D eigenvalue weighted by atomic mass is 10.2. The number of ether oxygens (including phenoxy) is 2. The Morgan fingerprint density at radius 3 is 3.09 bits per heavy atom. The predicted octanol–water partition coefficient (Wildman–Crippen LogP) is 3.77. The van der Waals surface area contributed by atoms with E-state index in [1.54, 1.807) is 24.8 Å². The van der Waals surface area contributed by atoms with Crippen molar-refractivity contribution >= 4 is 21.6 Å². The van der Waals surface area contributed by atoms with E-state index in [-0.39, 0.29) is 0 Å². The van der Waals surface area contributed by atoms with E-state index in [1.165, 1.54) is 16.9 Å². The van der Waals surface area contributed by atoms with Gasteiger partial charge < -0.3 is 9.47 Å². The summed E-state index contributed by atoms with van der Waals surface area (Å²) in [5, 5.41) is 1.11. The zero-order valence-electron chi connectivity index (χ0n) is 12.3. The molecule has 0 aliphatic heterocycles. The van der Waals surface area contributed by atoms with E-state index in [2.05, 4.69) is 9.97 Å². The number of thiophene rings is 1. The molecule has 3 aromatic rings. The van der Waals surface area contributed by atoms with Gasteiger partial charge in [-0.3, -0.25) is 0 Å². The lowest BCUT2D eigenvalue weighted by Crippen LogP contribution is -1.99. The lowest BCUT2D eigenvalue weighted by Gasteiger charge is -2.08. The predicted molar refractivity (Wildman–Crippen MR) is 86.8 cm³/mol. The third-order valence-corrected chi connectivity index (χ3v) is 5.18. The molecule has 22 heavy (non-hydrogen) atoms. The molecule has 0 bridgehead atoms. The largest absolute Gasteiger partial charge is 0.497 e. The minimum Gasteiger partial charge on any atom is -0.497 e. The number of rotatable bonds is 4. The first-order valence-corrected chi connectivity index (χ1v) is 8.18. The highest BCUT2D eigenvalue weighted by Gasteiger charge is 2.21. The Labute approximate surface area is 132 Å². The average molecular weight is 312 g/mol. The number of methoxy groups -OCH3 is 1. The highest BCUT2D eigenvalue weighted by molar-refractivity contribution is 7.18. The van der Waals surface area contributed by atoms with Crippen molar-refractivity contribution in [2.45, 2.75) is 25.9 Å². The van der Waals surface area contributed by atoms with Gasteiger partial charge in [0, 0.05) is 4.88 Å². The maximum atomic E-state index is 5.99. The van der Waals surface area contributed by atoms with Gasteiger partial charge >= 0.3 is 0 Å². The molecule has 0 amide bonds. The van der Waals surface area contributed by atoms with E-state index in [0.29, 0.717) is 12.5 Å². The van der Waals surface area contributed by atoms with Crippen molar-refractivity contribution in [1.82, 2.24) is 9.97 Å². The molecule has 0 fully saturated rings. The number of hydrogen-bond donors (Lipinski definition) is 0. The fraction of sp³-hybridized carbons (Fsp3) is 0.294. The zero-order chi connectivity index (χ0) is 14.9. The van der Waals surface area contributed by atoms with E-state index in [0.717, 1.165) is 34.4 Å². The van der Waals surface area contributed by atoms with Crippen molar-refractivity contribution < 1.29 is 9.47 Å². The molecule has 0 saturated carbocycles. The summed E-state index contributed by atoms with van der Waals surface area (Å²) >= 11 is 1.78. The highest BCUT2D eigenvalue weighted by atomic mass is 32.1. The summed E-state index contributed by atoms with van der Waals surface area (Å²) in [7, 11) is 1.67. The van der Waals surface area contributed by atoms with Gasteiger partial charge in [0.25, 0.3) is 0 Å². The summed E-state index contributed by atoms with van der Waals surface area (Å²) in [6.07, 6.45) is 5.08. The normalized spacial score (nSPS) is 13.3. The molecule has 2 aromatic heterocycles. The van der Waals surface area contributed by atoms with Crippen LogP contribution in [0.5, 0.6) is 11.6 Å². The molecule has 0 spiro atoms. The molecule has 0 N–H and O–H groups in total. The number of fused-ring (bicyclic) bond motifs is 3. The summed E-state index contributed by atoms with van der Waals surface area (Å²) in [5.74, 6) is 1.54. The molecule has 0 unspecified atom stereocenters. The molecule has 1 aliphatic rings. The Morgan fingerprint density at radius 2 is 2.18 bits per heavy atom. The van der Waals surface area contributed by atoms with Gasteiger partial charge in [0.1, 0.15) is 23.5 Å². The van der Waals surface area contributed by atoms with E-state index in [4.69, 9.17) is 9.47 Å². The molecule has 0 atom stereocenters. The van der Waals surface area contributed by atoms with Crippen LogP contribution < -0.4 is 9.47 Å². The molecule has 2 heterocycles. The number of aryl methyl sites for hydroxylation is 2. The number of aromatic nitrogens is 2. The molecule has 1 aliphatic carbocycles. The topological polar surface area (TPSA) is 44.2 Å². The summed E-state index contributed by atoms with van der Waals surface area (Å²) in [5.41, 5.74) is 2.46. The van der Waals surface area contributed by atoms with E-state index in [9.17, 15) is 0 Å². The van der Waals surface area contributed by atoms with Crippen LogP contribution in [-0.2, 0) is 19.4 Å².